The van der Waals surface area contributed by atoms with Gasteiger partial charge in [0.2, 0.25) is 5.65 Å². The molecular formula is C16H13N7O. The first kappa shape index (κ1) is 14.2. The second kappa shape index (κ2) is 5.65. The summed E-state index contributed by atoms with van der Waals surface area (Å²) in [7, 11) is 0. The van der Waals surface area contributed by atoms with Gasteiger partial charge >= 0.3 is 0 Å². The third kappa shape index (κ3) is 2.43. The van der Waals surface area contributed by atoms with Crippen molar-refractivity contribution in [2.24, 2.45) is 5.16 Å². The minimum Gasteiger partial charge on any atom is -0.411 e. The Balaban J connectivity index is 1.75. The van der Waals surface area contributed by atoms with Crippen LogP contribution in [0, 0.1) is 0 Å². The zero-order valence-corrected chi connectivity index (χ0v) is 12.8. The Hall–Kier alpha value is -3.42. The molecule has 0 fully saturated rings. The Labute approximate surface area is 136 Å². The van der Waals surface area contributed by atoms with E-state index in [-0.39, 0.29) is 0 Å². The van der Waals surface area contributed by atoms with E-state index in [9.17, 15) is 0 Å². The first-order valence-electron chi connectivity index (χ1n) is 7.33. The number of aromatic nitrogens is 6. The number of hydrogen-bond donors (Lipinski definition) is 1. The second-order valence-electron chi connectivity index (χ2n) is 5.37. The van der Waals surface area contributed by atoms with E-state index >= 15 is 0 Å². The maximum absolute atomic E-state index is 8.89. The lowest BCUT2D eigenvalue weighted by Crippen LogP contribution is -2.06. The minimum atomic E-state index is 0.383. The van der Waals surface area contributed by atoms with Crippen LogP contribution >= 0.6 is 0 Å². The molecular weight excluding hydrogens is 306 g/mol. The third-order valence-corrected chi connectivity index (χ3v) is 3.75. The highest BCUT2D eigenvalue weighted by Crippen LogP contribution is 2.15. The monoisotopic (exact) mass is 319 g/mol. The molecule has 0 aliphatic heterocycles. The van der Waals surface area contributed by atoms with Crippen LogP contribution in [0.25, 0.3) is 22.2 Å². The number of benzene rings is 1. The number of nitrogens with zero attached hydrogens (tertiary/aromatic N) is 7. The molecule has 1 aromatic carbocycles. The van der Waals surface area contributed by atoms with Gasteiger partial charge in [0.15, 0.2) is 5.65 Å². The van der Waals surface area contributed by atoms with Gasteiger partial charge in [-0.25, -0.2) is 14.6 Å². The Morgan fingerprint density at radius 3 is 3.04 bits per heavy atom. The summed E-state index contributed by atoms with van der Waals surface area (Å²) in [6.45, 7) is 2.16. The van der Waals surface area contributed by atoms with E-state index < -0.39 is 0 Å². The molecule has 4 rings (SSSR count). The summed E-state index contributed by atoms with van der Waals surface area (Å²) in [6, 6.07) is 9.97. The average molecular weight is 319 g/mol. The Morgan fingerprint density at radius 1 is 1.25 bits per heavy atom. The molecule has 0 aliphatic carbocycles. The van der Waals surface area contributed by atoms with Gasteiger partial charge in [-0.2, -0.15) is 0 Å². The van der Waals surface area contributed by atoms with Gasteiger partial charge in [-0.15, -0.1) is 5.10 Å². The molecule has 8 nitrogen and oxygen atoms in total. The van der Waals surface area contributed by atoms with Gasteiger partial charge in [-0.05, 0) is 30.7 Å². The highest BCUT2D eigenvalue weighted by atomic mass is 16.4. The SMILES string of the molecule is C/C(=N/O)c1cnc2nnn(Cc3ccc4ncccc4c3)c2n1. The lowest BCUT2D eigenvalue weighted by atomic mass is 10.1. The normalized spacial score (nSPS) is 12.1. The fourth-order valence-corrected chi connectivity index (χ4v) is 2.48. The predicted octanol–water partition coefficient (Wildman–Crippen LogP) is 2.02. The largest absolute Gasteiger partial charge is 0.411 e. The van der Waals surface area contributed by atoms with E-state index in [1.165, 1.54) is 6.20 Å². The number of oxime groups is 1. The maximum atomic E-state index is 8.89. The quantitative estimate of drug-likeness (QED) is 0.352. The van der Waals surface area contributed by atoms with Crippen LogP contribution < -0.4 is 0 Å². The summed E-state index contributed by atoms with van der Waals surface area (Å²) in [5.74, 6) is 0. The molecule has 0 radical (unpaired) electrons. The summed E-state index contributed by atoms with van der Waals surface area (Å²) >= 11 is 0. The Bertz CT molecular complexity index is 1070. The first-order valence-corrected chi connectivity index (χ1v) is 7.33. The van der Waals surface area contributed by atoms with Gasteiger partial charge in [0.05, 0.1) is 18.3 Å². The average Bonchev–Trinajstić information content (AvgIpc) is 3.03. The summed E-state index contributed by atoms with van der Waals surface area (Å²) in [6.07, 6.45) is 3.28. The van der Waals surface area contributed by atoms with Crippen molar-refractivity contribution in [2.45, 2.75) is 13.5 Å². The summed E-state index contributed by atoms with van der Waals surface area (Å²) in [5, 5.41) is 21.3. The second-order valence-corrected chi connectivity index (χ2v) is 5.37. The summed E-state index contributed by atoms with van der Waals surface area (Å²) < 4.78 is 1.67. The highest BCUT2D eigenvalue weighted by Gasteiger charge is 2.11. The molecule has 8 heteroatoms. The molecule has 3 heterocycles. The Morgan fingerprint density at radius 2 is 2.17 bits per heavy atom. The summed E-state index contributed by atoms with van der Waals surface area (Å²) in [5.41, 5.74) is 3.86. The van der Waals surface area contributed by atoms with Crippen molar-refractivity contribution in [2.75, 3.05) is 0 Å². The highest BCUT2D eigenvalue weighted by molar-refractivity contribution is 5.97. The van der Waals surface area contributed by atoms with Crippen molar-refractivity contribution in [3.8, 4) is 0 Å². The van der Waals surface area contributed by atoms with Crippen LogP contribution in [0.3, 0.4) is 0 Å². The first-order chi connectivity index (χ1) is 11.7. The van der Waals surface area contributed by atoms with Crippen molar-refractivity contribution in [1.82, 2.24) is 29.9 Å². The van der Waals surface area contributed by atoms with Gasteiger partial charge in [0, 0.05) is 11.6 Å². The number of pyridine rings is 1. The van der Waals surface area contributed by atoms with E-state index in [0.717, 1.165) is 16.5 Å². The van der Waals surface area contributed by atoms with Crippen LogP contribution in [0.15, 0.2) is 47.9 Å². The molecule has 1 N–H and O–H groups in total. The zero-order chi connectivity index (χ0) is 16.5. The molecule has 3 aromatic heterocycles. The Kier molecular flexibility index (Phi) is 3.34. The molecule has 0 bridgehead atoms. The van der Waals surface area contributed by atoms with Gasteiger partial charge < -0.3 is 5.21 Å². The topological polar surface area (TPSA) is 102 Å². The van der Waals surface area contributed by atoms with E-state index in [1.807, 2.05) is 24.3 Å². The molecule has 0 amide bonds. The van der Waals surface area contributed by atoms with Crippen LogP contribution in [-0.4, -0.2) is 40.9 Å². The smallest absolute Gasteiger partial charge is 0.221 e. The maximum Gasteiger partial charge on any atom is 0.221 e. The fourth-order valence-electron chi connectivity index (χ4n) is 2.48. The molecule has 118 valence electrons. The number of fused-ring (bicyclic) bond motifs is 2. The molecule has 4 aromatic rings. The van der Waals surface area contributed by atoms with Crippen LogP contribution in [0.1, 0.15) is 18.2 Å². The predicted molar refractivity (Wildman–Crippen MR) is 88.0 cm³/mol. The third-order valence-electron chi connectivity index (χ3n) is 3.75. The van der Waals surface area contributed by atoms with E-state index in [1.54, 1.807) is 17.8 Å². The lowest BCUT2D eigenvalue weighted by Gasteiger charge is -2.04. The number of rotatable bonds is 3. The van der Waals surface area contributed by atoms with E-state index in [2.05, 4.69) is 36.5 Å². The van der Waals surface area contributed by atoms with E-state index in [4.69, 9.17) is 5.21 Å². The number of hydrogen-bond acceptors (Lipinski definition) is 7. The van der Waals surface area contributed by atoms with Crippen molar-refractivity contribution in [3.05, 3.63) is 54.0 Å². The molecule has 24 heavy (non-hydrogen) atoms. The molecule has 0 unspecified atom stereocenters. The fraction of sp³-hybridized carbons (Fsp3) is 0.125. The van der Waals surface area contributed by atoms with Crippen molar-refractivity contribution in [3.63, 3.8) is 0 Å². The van der Waals surface area contributed by atoms with Gasteiger partial charge in [0.25, 0.3) is 0 Å². The van der Waals surface area contributed by atoms with E-state index in [0.29, 0.717) is 29.2 Å². The zero-order valence-electron chi connectivity index (χ0n) is 12.8. The lowest BCUT2D eigenvalue weighted by molar-refractivity contribution is 0.319. The van der Waals surface area contributed by atoms with Crippen LogP contribution in [0.4, 0.5) is 0 Å². The molecule has 0 aliphatic rings. The van der Waals surface area contributed by atoms with Gasteiger partial charge in [-0.3, -0.25) is 4.98 Å². The summed E-state index contributed by atoms with van der Waals surface area (Å²) in [4.78, 5) is 13.0. The molecule has 0 saturated carbocycles. The molecule has 0 spiro atoms. The van der Waals surface area contributed by atoms with Crippen molar-refractivity contribution in [1.29, 1.82) is 0 Å². The van der Waals surface area contributed by atoms with Crippen molar-refractivity contribution < 1.29 is 5.21 Å². The van der Waals surface area contributed by atoms with Crippen LogP contribution in [0.5, 0.6) is 0 Å². The molecule has 0 atom stereocenters. The van der Waals surface area contributed by atoms with Crippen molar-refractivity contribution >= 4 is 27.9 Å². The minimum absolute atomic E-state index is 0.383. The van der Waals surface area contributed by atoms with Gasteiger partial charge in [0.1, 0.15) is 11.4 Å². The van der Waals surface area contributed by atoms with Crippen LogP contribution in [0.2, 0.25) is 0 Å². The standard InChI is InChI=1S/C16H13N7O/c1-10(21-24)14-8-18-15-16(19-14)23(22-20-15)9-11-4-5-13-12(7-11)3-2-6-17-13/h2-8,24H,9H2,1H3/b21-10-. The molecule has 0 saturated heterocycles. The van der Waals surface area contributed by atoms with Crippen LogP contribution in [-0.2, 0) is 6.54 Å². The van der Waals surface area contributed by atoms with Gasteiger partial charge in [-0.1, -0.05) is 22.5 Å².